The first-order valence-electron chi connectivity index (χ1n) is 4.58. The number of amides is 1. The van der Waals surface area contributed by atoms with E-state index in [2.05, 4.69) is 5.32 Å². The minimum Gasteiger partial charge on any atom is -0.480 e. The van der Waals surface area contributed by atoms with Crippen molar-refractivity contribution in [3.05, 3.63) is 0 Å². The van der Waals surface area contributed by atoms with Crippen molar-refractivity contribution in [3.8, 4) is 0 Å². The number of hydrogen-bond acceptors (Lipinski definition) is 4. The summed E-state index contributed by atoms with van der Waals surface area (Å²) in [5.74, 6) is -1.03. The Morgan fingerprint density at radius 2 is 2.43 bits per heavy atom. The van der Waals surface area contributed by atoms with Gasteiger partial charge in [0.05, 0.1) is 6.54 Å². The number of rotatable bonds is 4. The maximum Gasteiger partial charge on any atom is 0.322 e. The molecule has 1 fully saturated rings. The predicted octanol–water partition coefficient (Wildman–Crippen LogP) is -1.78. The predicted molar refractivity (Wildman–Crippen MR) is 49.7 cm³/mol. The third-order valence-corrected chi connectivity index (χ3v) is 2.21. The van der Waals surface area contributed by atoms with E-state index in [9.17, 15) is 9.59 Å². The van der Waals surface area contributed by atoms with Gasteiger partial charge in [0.1, 0.15) is 6.04 Å². The van der Waals surface area contributed by atoms with Crippen LogP contribution in [0.5, 0.6) is 0 Å². The van der Waals surface area contributed by atoms with Crippen LogP contribution in [0.4, 0.5) is 0 Å². The van der Waals surface area contributed by atoms with Gasteiger partial charge in [-0.25, -0.2) is 0 Å². The van der Waals surface area contributed by atoms with E-state index in [0.29, 0.717) is 19.5 Å². The zero-order valence-electron chi connectivity index (χ0n) is 7.90. The van der Waals surface area contributed by atoms with Crippen molar-refractivity contribution in [1.82, 2.24) is 10.2 Å². The molecule has 1 aliphatic rings. The highest BCUT2D eigenvalue weighted by molar-refractivity contribution is 5.83. The largest absolute Gasteiger partial charge is 0.480 e. The molecule has 6 heteroatoms. The molecule has 1 rings (SSSR count). The maximum atomic E-state index is 11.0. The highest BCUT2D eigenvalue weighted by atomic mass is 16.4. The van der Waals surface area contributed by atoms with E-state index in [0.717, 1.165) is 0 Å². The van der Waals surface area contributed by atoms with Crippen molar-refractivity contribution in [2.45, 2.75) is 12.5 Å². The molecule has 14 heavy (non-hydrogen) atoms. The molecule has 0 radical (unpaired) electrons. The lowest BCUT2D eigenvalue weighted by Crippen LogP contribution is -2.57. The third-order valence-electron chi connectivity index (χ3n) is 2.21. The Hall–Kier alpha value is -1.14. The smallest absolute Gasteiger partial charge is 0.322 e. The molecule has 0 saturated carbocycles. The molecular formula is C8H15N3O3. The van der Waals surface area contributed by atoms with Crippen molar-refractivity contribution in [2.24, 2.45) is 5.73 Å². The van der Waals surface area contributed by atoms with Gasteiger partial charge in [0.25, 0.3) is 0 Å². The number of aliphatic carboxylic acids is 1. The minimum atomic E-state index is -0.901. The van der Waals surface area contributed by atoms with Crippen LogP contribution in [-0.2, 0) is 9.59 Å². The first-order valence-corrected chi connectivity index (χ1v) is 4.58. The Labute approximate surface area is 82.1 Å². The molecule has 0 spiro atoms. The molecule has 1 unspecified atom stereocenters. The fourth-order valence-electron chi connectivity index (χ4n) is 1.46. The van der Waals surface area contributed by atoms with E-state index in [1.165, 1.54) is 0 Å². The van der Waals surface area contributed by atoms with E-state index < -0.39 is 12.0 Å². The molecule has 1 amide bonds. The highest BCUT2D eigenvalue weighted by Gasteiger charge is 2.30. The fourth-order valence-corrected chi connectivity index (χ4v) is 1.46. The zero-order valence-corrected chi connectivity index (χ0v) is 7.90. The molecule has 0 aromatic carbocycles. The van der Waals surface area contributed by atoms with Crippen molar-refractivity contribution in [1.29, 1.82) is 0 Å². The number of carboxylic acid groups (broad SMARTS) is 1. The van der Waals surface area contributed by atoms with Crippen LogP contribution in [0.2, 0.25) is 0 Å². The van der Waals surface area contributed by atoms with Gasteiger partial charge in [0.2, 0.25) is 5.91 Å². The van der Waals surface area contributed by atoms with Crippen LogP contribution < -0.4 is 11.1 Å². The summed E-state index contributed by atoms with van der Waals surface area (Å²) >= 11 is 0. The Kier molecular flexibility index (Phi) is 3.84. The second kappa shape index (κ2) is 4.92. The number of nitrogens with two attached hydrogens (primary N) is 1. The molecule has 1 heterocycles. The molecule has 1 aliphatic heterocycles. The molecule has 4 N–H and O–H groups in total. The van der Waals surface area contributed by atoms with Crippen molar-refractivity contribution < 1.29 is 14.7 Å². The number of carbonyl (C=O) groups excluding carboxylic acids is 1. The van der Waals surface area contributed by atoms with E-state index in [1.807, 2.05) is 0 Å². The molecule has 0 aliphatic carbocycles. The number of hydrogen-bond donors (Lipinski definition) is 3. The first-order chi connectivity index (χ1) is 6.65. The van der Waals surface area contributed by atoms with E-state index >= 15 is 0 Å². The second-order valence-corrected chi connectivity index (χ2v) is 3.27. The van der Waals surface area contributed by atoms with Gasteiger partial charge in [-0.05, 0) is 13.0 Å². The van der Waals surface area contributed by atoms with Gasteiger partial charge in [-0.1, -0.05) is 0 Å². The third kappa shape index (κ3) is 2.68. The fraction of sp³-hybridized carbons (Fsp3) is 0.750. The van der Waals surface area contributed by atoms with Crippen LogP contribution in [0.15, 0.2) is 0 Å². The SMILES string of the molecule is NCCCN1CC(=O)NCC1C(=O)O. The van der Waals surface area contributed by atoms with Crippen molar-refractivity contribution in [2.75, 3.05) is 26.2 Å². The van der Waals surface area contributed by atoms with Crippen LogP contribution in [0.1, 0.15) is 6.42 Å². The number of carbonyl (C=O) groups is 2. The molecule has 0 aromatic heterocycles. The second-order valence-electron chi connectivity index (χ2n) is 3.27. The standard InChI is InChI=1S/C8H15N3O3/c9-2-1-3-11-5-7(12)10-4-6(11)8(13)14/h6H,1-5,9H2,(H,10,12)(H,13,14). The van der Waals surface area contributed by atoms with Crippen LogP contribution in [0.3, 0.4) is 0 Å². The summed E-state index contributed by atoms with van der Waals surface area (Å²) in [6.07, 6.45) is 0.705. The summed E-state index contributed by atoms with van der Waals surface area (Å²) in [5.41, 5.74) is 5.33. The average Bonchev–Trinajstić information content (AvgIpc) is 2.14. The number of piperazine rings is 1. The zero-order chi connectivity index (χ0) is 10.6. The van der Waals surface area contributed by atoms with Crippen LogP contribution >= 0.6 is 0 Å². The van der Waals surface area contributed by atoms with Gasteiger partial charge in [0, 0.05) is 13.1 Å². The molecule has 6 nitrogen and oxygen atoms in total. The summed E-state index contributed by atoms with van der Waals surface area (Å²) in [5, 5.41) is 11.4. The Bertz CT molecular complexity index is 232. The average molecular weight is 201 g/mol. The summed E-state index contributed by atoms with van der Waals surface area (Å²) in [6, 6.07) is -0.612. The van der Waals surface area contributed by atoms with E-state index in [1.54, 1.807) is 4.90 Å². The maximum absolute atomic E-state index is 11.0. The van der Waals surface area contributed by atoms with Crippen molar-refractivity contribution in [3.63, 3.8) is 0 Å². The van der Waals surface area contributed by atoms with Gasteiger partial charge in [-0.3, -0.25) is 14.5 Å². The number of nitrogens with zero attached hydrogens (tertiary/aromatic N) is 1. The molecule has 0 aromatic rings. The number of nitrogens with one attached hydrogen (secondary N) is 1. The molecule has 0 bridgehead atoms. The van der Waals surface area contributed by atoms with Crippen molar-refractivity contribution >= 4 is 11.9 Å². The molecular weight excluding hydrogens is 186 g/mol. The minimum absolute atomic E-state index is 0.125. The van der Waals surface area contributed by atoms with E-state index in [-0.39, 0.29) is 19.0 Å². The summed E-state index contributed by atoms with van der Waals surface area (Å²) in [6.45, 7) is 1.39. The summed E-state index contributed by atoms with van der Waals surface area (Å²) in [7, 11) is 0. The first kappa shape index (κ1) is 10.9. The normalized spacial score (nSPS) is 23.2. The quantitative estimate of drug-likeness (QED) is 0.500. The Morgan fingerprint density at radius 3 is 3.00 bits per heavy atom. The Morgan fingerprint density at radius 1 is 1.71 bits per heavy atom. The topological polar surface area (TPSA) is 95.7 Å². The lowest BCUT2D eigenvalue weighted by Gasteiger charge is -2.32. The lowest BCUT2D eigenvalue weighted by atomic mass is 10.2. The van der Waals surface area contributed by atoms with Gasteiger partial charge >= 0.3 is 5.97 Å². The van der Waals surface area contributed by atoms with Gasteiger partial charge in [-0.15, -0.1) is 0 Å². The molecule has 1 atom stereocenters. The van der Waals surface area contributed by atoms with E-state index in [4.69, 9.17) is 10.8 Å². The van der Waals surface area contributed by atoms with Crippen LogP contribution in [0, 0.1) is 0 Å². The number of carboxylic acids is 1. The molecule has 80 valence electrons. The summed E-state index contributed by atoms with van der Waals surface area (Å²) < 4.78 is 0. The highest BCUT2D eigenvalue weighted by Crippen LogP contribution is 2.04. The van der Waals surface area contributed by atoms with Crippen LogP contribution in [0.25, 0.3) is 0 Å². The van der Waals surface area contributed by atoms with Crippen LogP contribution in [-0.4, -0.2) is 54.1 Å². The lowest BCUT2D eigenvalue weighted by molar-refractivity contribution is -0.145. The Balaban J connectivity index is 2.54. The van der Waals surface area contributed by atoms with Gasteiger partial charge in [0.15, 0.2) is 0 Å². The van der Waals surface area contributed by atoms with Gasteiger partial charge < -0.3 is 16.2 Å². The summed E-state index contributed by atoms with van der Waals surface area (Å²) in [4.78, 5) is 23.5. The van der Waals surface area contributed by atoms with Gasteiger partial charge in [-0.2, -0.15) is 0 Å². The monoisotopic (exact) mass is 201 g/mol. The molecule has 1 saturated heterocycles.